The lowest BCUT2D eigenvalue weighted by atomic mass is 10.1. The summed E-state index contributed by atoms with van der Waals surface area (Å²) in [6, 6.07) is 4.43. The number of sulfonamides is 1. The van der Waals surface area contributed by atoms with Crippen LogP contribution in [0.25, 0.3) is 0 Å². The number of thiocarbonyl (C=S) groups is 1. The minimum absolute atomic E-state index is 0.172. The normalized spacial score (nSPS) is 13.9. The Hall–Kier alpha value is -1.19. The van der Waals surface area contributed by atoms with E-state index < -0.39 is 27.0 Å². The van der Waals surface area contributed by atoms with Gasteiger partial charge in [-0.1, -0.05) is 37.3 Å². The Kier molecular flexibility index (Phi) is 5.71. The van der Waals surface area contributed by atoms with Crippen LogP contribution in [0.2, 0.25) is 0 Å². The lowest BCUT2D eigenvalue weighted by Gasteiger charge is -2.15. The summed E-state index contributed by atoms with van der Waals surface area (Å²) in [5, 5.41) is -1.04. The average molecular weight is 340 g/mol. The molecule has 0 aliphatic rings. The Morgan fingerprint density at radius 3 is 2.52 bits per heavy atom. The predicted molar refractivity (Wildman–Crippen MR) is 78.1 cm³/mol. The van der Waals surface area contributed by atoms with E-state index in [0.29, 0.717) is 0 Å². The third-order valence-corrected chi connectivity index (χ3v) is 5.11. The number of nitrogens with one attached hydrogen (secondary N) is 1. The largest absolute Gasteiger partial charge is 0.416 e. The van der Waals surface area contributed by atoms with Crippen LogP contribution in [0, 0.1) is 0 Å². The van der Waals surface area contributed by atoms with Crippen LogP contribution in [-0.4, -0.2) is 18.7 Å². The van der Waals surface area contributed by atoms with Crippen LogP contribution in [0.15, 0.2) is 24.3 Å². The number of benzene rings is 1. The predicted octanol–water partition coefficient (Wildman–Crippen LogP) is 2.19. The SMILES string of the molecule is CCC(C(N)=S)S(=O)(=O)NCc1cccc(C(F)(F)F)c1. The molecule has 1 aromatic rings. The molecule has 0 bridgehead atoms. The molecule has 0 spiro atoms. The van der Waals surface area contributed by atoms with E-state index in [4.69, 9.17) is 5.73 Å². The van der Waals surface area contributed by atoms with Gasteiger partial charge in [0.05, 0.1) is 10.6 Å². The van der Waals surface area contributed by atoms with Crippen LogP contribution in [0.1, 0.15) is 24.5 Å². The number of nitrogens with two attached hydrogens (primary N) is 1. The molecule has 0 radical (unpaired) electrons. The van der Waals surface area contributed by atoms with Gasteiger partial charge in [0.15, 0.2) is 0 Å². The summed E-state index contributed by atoms with van der Waals surface area (Å²) in [6.07, 6.45) is -4.28. The molecule has 0 aliphatic carbocycles. The molecule has 0 amide bonds. The fourth-order valence-corrected chi connectivity index (χ4v) is 3.58. The molecular weight excluding hydrogens is 325 g/mol. The van der Waals surface area contributed by atoms with Crippen LogP contribution in [0.4, 0.5) is 13.2 Å². The lowest BCUT2D eigenvalue weighted by molar-refractivity contribution is -0.137. The minimum atomic E-state index is -4.47. The molecule has 4 nitrogen and oxygen atoms in total. The molecule has 0 fully saturated rings. The van der Waals surface area contributed by atoms with Crippen molar-refractivity contribution in [2.24, 2.45) is 5.73 Å². The van der Waals surface area contributed by atoms with Crippen molar-refractivity contribution in [3.05, 3.63) is 35.4 Å². The van der Waals surface area contributed by atoms with Gasteiger partial charge in [0.25, 0.3) is 0 Å². The van der Waals surface area contributed by atoms with Crippen molar-refractivity contribution in [2.75, 3.05) is 0 Å². The zero-order chi connectivity index (χ0) is 16.3. The summed E-state index contributed by atoms with van der Waals surface area (Å²) in [5.74, 6) is 0. The average Bonchev–Trinajstić information content (AvgIpc) is 2.36. The van der Waals surface area contributed by atoms with Crippen molar-refractivity contribution in [1.82, 2.24) is 4.72 Å². The highest BCUT2D eigenvalue weighted by atomic mass is 32.2. The molecular formula is C12H15F3N2O2S2. The highest BCUT2D eigenvalue weighted by Gasteiger charge is 2.30. The van der Waals surface area contributed by atoms with Gasteiger partial charge in [0, 0.05) is 6.54 Å². The van der Waals surface area contributed by atoms with E-state index in [1.54, 1.807) is 6.92 Å². The Bertz CT molecular complexity index is 615. The monoisotopic (exact) mass is 340 g/mol. The van der Waals surface area contributed by atoms with Crippen molar-refractivity contribution < 1.29 is 21.6 Å². The van der Waals surface area contributed by atoms with Crippen molar-refractivity contribution in [3.8, 4) is 0 Å². The summed E-state index contributed by atoms with van der Waals surface area (Å²) in [7, 11) is -3.82. The first-order chi connectivity index (χ1) is 9.58. The minimum Gasteiger partial charge on any atom is -0.392 e. The second-order valence-electron chi connectivity index (χ2n) is 4.36. The zero-order valence-electron chi connectivity index (χ0n) is 11.1. The van der Waals surface area contributed by atoms with Gasteiger partial charge in [-0.05, 0) is 18.1 Å². The number of hydrogen-bond acceptors (Lipinski definition) is 3. The molecule has 21 heavy (non-hydrogen) atoms. The number of alkyl halides is 3. The summed E-state index contributed by atoms with van der Waals surface area (Å²) >= 11 is 4.67. The first-order valence-electron chi connectivity index (χ1n) is 6.02. The molecule has 0 heterocycles. The fourth-order valence-electron chi connectivity index (χ4n) is 1.72. The van der Waals surface area contributed by atoms with Crippen LogP contribution in [0.3, 0.4) is 0 Å². The first kappa shape index (κ1) is 17.9. The van der Waals surface area contributed by atoms with E-state index in [9.17, 15) is 21.6 Å². The van der Waals surface area contributed by atoms with Gasteiger partial charge in [0.1, 0.15) is 5.25 Å². The van der Waals surface area contributed by atoms with Gasteiger partial charge in [-0.2, -0.15) is 13.2 Å². The second-order valence-corrected chi connectivity index (χ2v) is 6.78. The van der Waals surface area contributed by atoms with Gasteiger partial charge in [0.2, 0.25) is 10.0 Å². The Labute approximate surface area is 126 Å². The van der Waals surface area contributed by atoms with Gasteiger partial charge < -0.3 is 5.73 Å². The van der Waals surface area contributed by atoms with Crippen molar-refractivity contribution in [2.45, 2.75) is 31.3 Å². The van der Waals surface area contributed by atoms with E-state index in [0.717, 1.165) is 12.1 Å². The summed E-state index contributed by atoms with van der Waals surface area (Å²) < 4.78 is 63.8. The molecule has 1 aromatic carbocycles. The smallest absolute Gasteiger partial charge is 0.392 e. The molecule has 0 aliphatic heterocycles. The first-order valence-corrected chi connectivity index (χ1v) is 7.97. The third-order valence-electron chi connectivity index (χ3n) is 2.79. The van der Waals surface area contributed by atoms with E-state index in [1.165, 1.54) is 12.1 Å². The second kappa shape index (κ2) is 6.71. The Morgan fingerprint density at radius 1 is 1.43 bits per heavy atom. The summed E-state index contributed by atoms with van der Waals surface area (Å²) in [5.41, 5.74) is 4.71. The standard InChI is InChI=1S/C12H15F3N2O2S2/c1-2-10(11(16)20)21(18,19)17-7-8-4-3-5-9(6-8)12(13,14)15/h3-6,10,17H,2,7H2,1H3,(H2,16,20). The molecule has 0 saturated heterocycles. The maximum Gasteiger partial charge on any atom is 0.416 e. The van der Waals surface area contributed by atoms with Crippen molar-refractivity contribution in [1.29, 1.82) is 0 Å². The van der Waals surface area contributed by atoms with E-state index >= 15 is 0 Å². The third kappa shape index (κ3) is 4.94. The van der Waals surface area contributed by atoms with Crippen molar-refractivity contribution in [3.63, 3.8) is 0 Å². The molecule has 0 saturated carbocycles. The van der Waals surface area contributed by atoms with E-state index in [2.05, 4.69) is 16.9 Å². The maximum atomic E-state index is 12.6. The highest BCUT2D eigenvalue weighted by Crippen LogP contribution is 2.29. The topological polar surface area (TPSA) is 72.2 Å². The van der Waals surface area contributed by atoms with Gasteiger partial charge in [-0.3, -0.25) is 0 Å². The molecule has 1 unspecified atom stereocenters. The molecule has 1 atom stereocenters. The van der Waals surface area contributed by atoms with Crippen LogP contribution < -0.4 is 10.5 Å². The lowest BCUT2D eigenvalue weighted by Crippen LogP contribution is -2.41. The van der Waals surface area contributed by atoms with Crippen LogP contribution >= 0.6 is 12.2 Å². The number of halogens is 3. The Balaban J connectivity index is 2.87. The summed E-state index contributed by atoms with van der Waals surface area (Å²) in [6.45, 7) is 1.35. The fraction of sp³-hybridized carbons (Fsp3) is 0.417. The zero-order valence-corrected chi connectivity index (χ0v) is 12.8. The van der Waals surface area contributed by atoms with Gasteiger partial charge in [-0.25, -0.2) is 13.1 Å². The molecule has 3 N–H and O–H groups in total. The van der Waals surface area contributed by atoms with Crippen LogP contribution in [0.5, 0.6) is 0 Å². The maximum absolute atomic E-state index is 12.6. The van der Waals surface area contributed by atoms with Gasteiger partial charge >= 0.3 is 6.18 Å². The van der Waals surface area contributed by atoms with E-state index in [-0.39, 0.29) is 23.5 Å². The van der Waals surface area contributed by atoms with E-state index in [1.807, 2.05) is 0 Å². The number of hydrogen-bond donors (Lipinski definition) is 2. The Morgan fingerprint density at radius 2 is 2.05 bits per heavy atom. The van der Waals surface area contributed by atoms with Gasteiger partial charge in [-0.15, -0.1) is 0 Å². The quantitative estimate of drug-likeness (QED) is 0.779. The molecule has 1 rings (SSSR count). The molecule has 118 valence electrons. The highest BCUT2D eigenvalue weighted by molar-refractivity contribution is 7.93. The van der Waals surface area contributed by atoms with Crippen LogP contribution in [-0.2, 0) is 22.7 Å². The number of rotatable bonds is 6. The summed E-state index contributed by atoms with van der Waals surface area (Å²) in [4.78, 5) is -0.172. The molecule has 0 aromatic heterocycles. The van der Waals surface area contributed by atoms with Crippen molar-refractivity contribution >= 4 is 27.2 Å². The molecule has 9 heteroatoms.